The highest BCUT2D eigenvalue weighted by Crippen LogP contribution is 2.46. The van der Waals surface area contributed by atoms with E-state index in [1.807, 2.05) is 22.7 Å². The zero-order valence-electron chi connectivity index (χ0n) is 18.1. The molecule has 34 heavy (non-hydrogen) atoms. The van der Waals surface area contributed by atoms with Crippen LogP contribution < -0.4 is 0 Å². The molecular weight excluding hydrogens is 448 g/mol. The molecule has 0 nitrogen and oxygen atoms in total. The molecule has 0 N–H and O–H groups in total. The van der Waals surface area contributed by atoms with E-state index in [9.17, 15) is 0 Å². The number of thiophene rings is 2. The van der Waals surface area contributed by atoms with E-state index in [1.165, 1.54) is 73.0 Å². The molecule has 6 aromatic carbocycles. The summed E-state index contributed by atoms with van der Waals surface area (Å²) >= 11 is 3.73. The third kappa shape index (κ3) is 2.47. The zero-order valence-corrected chi connectivity index (χ0v) is 19.8. The summed E-state index contributed by atoms with van der Waals surface area (Å²) in [6.45, 7) is 0. The average Bonchev–Trinajstić information content (AvgIpc) is 3.46. The third-order valence-electron chi connectivity index (χ3n) is 6.95. The molecule has 0 spiro atoms. The van der Waals surface area contributed by atoms with Crippen LogP contribution in [0, 0.1) is 6.07 Å². The second-order valence-corrected chi connectivity index (χ2v) is 10.9. The SMILES string of the molecule is [c]1c(-c2cccc3ccc4sc5ccccc5c4c23)c2ccccc2c2c1sc1ccccc12. The predicted octanol–water partition coefficient (Wildman–Crippen LogP) is 10.2. The summed E-state index contributed by atoms with van der Waals surface area (Å²) in [4.78, 5) is 0. The van der Waals surface area contributed by atoms with Gasteiger partial charge in [-0.1, -0.05) is 84.9 Å². The average molecular weight is 466 g/mol. The first-order chi connectivity index (χ1) is 16.9. The highest BCUT2D eigenvalue weighted by Gasteiger charge is 2.17. The van der Waals surface area contributed by atoms with Crippen LogP contribution in [0.25, 0.3) is 73.0 Å². The van der Waals surface area contributed by atoms with Gasteiger partial charge in [-0.2, -0.15) is 0 Å². The lowest BCUT2D eigenvalue weighted by molar-refractivity contribution is 1.74. The number of benzene rings is 6. The molecule has 2 heteroatoms. The molecule has 0 unspecified atom stereocenters. The highest BCUT2D eigenvalue weighted by molar-refractivity contribution is 7.26. The van der Waals surface area contributed by atoms with Gasteiger partial charge in [0, 0.05) is 46.4 Å². The summed E-state index contributed by atoms with van der Waals surface area (Å²) in [5, 5.41) is 10.5. The maximum absolute atomic E-state index is 3.89. The molecule has 8 rings (SSSR count). The lowest BCUT2D eigenvalue weighted by Gasteiger charge is -2.13. The maximum Gasteiger partial charge on any atom is 0.0447 e. The normalized spacial score (nSPS) is 12.1. The summed E-state index contributed by atoms with van der Waals surface area (Å²) in [5.41, 5.74) is 2.46. The van der Waals surface area contributed by atoms with E-state index >= 15 is 0 Å². The number of hydrogen-bond acceptors (Lipinski definition) is 2. The third-order valence-corrected chi connectivity index (χ3v) is 9.18. The fourth-order valence-electron chi connectivity index (χ4n) is 5.51. The van der Waals surface area contributed by atoms with Crippen molar-refractivity contribution in [1.29, 1.82) is 0 Å². The van der Waals surface area contributed by atoms with Crippen molar-refractivity contribution in [2.45, 2.75) is 0 Å². The molecule has 0 saturated carbocycles. The minimum absolute atomic E-state index is 1.20. The van der Waals surface area contributed by atoms with Crippen molar-refractivity contribution in [1.82, 2.24) is 0 Å². The van der Waals surface area contributed by atoms with Crippen LogP contribution >= 0.6 is 22.7 Å². The van der Waals surface area contributed by atoms with Crippen LogP contribution in [0.1, 0.15) is 0 Å². The Hall–Kier alpha value is -3.72. The Bertz CT molecular complexity index is 2070. The monoisotopic (exact) mass is 465 g/mol. The standard InChI is InChI=1S/C32H17S2/c1-2-10-21-20(9-1)25(18-29-31(21)23-11-3-5-14-26(23)34-29)22-13-7-8-19-16-17-28-32(30(19)22)24-12-4-6-15-27(24)33-28/h1-17H. The Morgan fingerprint density at radius 1 is 0.441 bits per heavy atom. The van der Waals surface area contributed by atoms with E-state index in [-0.39, 0.29) is 0 Å². The van der Waals surface area contributed by atoms with E-state index in [2.05, 4.69) is 109 Å². The molecule has 1 radical (unpaired) electrons. The number of rotatable bonds is 1. The lowest BCUT2D eigenvalue weighted by atomic mass is 9.90. The summed E-state index contributed by atoms with van der Waals surface area (Å²) in [7, 11) is 0. The Morgan fingerprint density at radius 3 is 1.94 bits per heavy atom. The molecule has 2 heterocycles. The summed E-state index contributed by atoms with van der Waals surface area (Å²) in [6, 6.07) is 41.5. The van der Waals surface area contributed by atoms with Gasteiger partial charge < -0.3 is 0 Å². The van der Waals surface area contributed by atoms with Gasteiger partial charge in [0.05, 0.1) is 0 Å². The van der Waals surface area contributed by atoms with Gasteiger partial charge in [-0.3, -0.25) is 0 Å². The van der Waals surface area contributed by atoms with Crippen molar-refractivity contribution in [2.24, 2.45) is 0 Å². The smallest absolute Gasteiger partial charge is 0.0447 e. The van der Waals surface area contributed by atoms with E-state index < -0.39 is 0 Å². The highest BCUT2D eigenvalue weighted by atomic mass is 32.1. The van der Waals surface area contributed by atoms with Crippen molar-refractivity contribution < 1.29 is 0 Å². The zero-order chi connectivity index (χ0) is 22.2. The minimum Gasteiger partial charge on any atom is -0.135 e. The first kappa shape index (κ1) is 18.7. The van der Waals surface area contributed by atoms with Gasteiger partial charge in [0.2, 0.25) is 0 Å². The molecule has 0 aliphatic carbocycles. The van der Waals surface area contributed by atoms with Gasteiger partial charge in [0.15, 0.2) is 0 Å². The largest absolute Gasteiger partial charge is 0.135 e. The predicted molar refractivity (Wildman–Crippen MR) is 152 cm³/mol. The molecule has 8 aromatic rings. The van der Waals surface area contributed by atoms with Crippen LogP contribution in [0.15, 0.2) is 103 Å². The van der Waals surface area contributed by atoms with E-state index in [1.54, 1.807) is 0 Å². The maximum atomic E-state index is 3.89. The molecule has 0 bridgehead atoms. The molecule has 0 aliphatic heterocycles. The summed E-state index contributed by atoms with van der Waals surface area (Å²) in [5.74, 6) is 0. The molecule has 0 aliphatic rings. The van der Waals surface area contributed by atoms with Gasteiger partial charge in [-0.25, -0.2) is 0 Å². The van der Waals surface area contributed by atoms with Crippen LogP contribution in [0.5, 0.6) is 0 Å². The van der Waals surface area contributed by atoms with E-state index in [0.717, 1.165) is 0 Å². The fraction of sp³-hybridized carbons (Fsp3) is 0. The quantitative estimate of drug-likeness (QED) is 0.226. The first-order valence-corrected chi connectivity index (χ1v) is 13.1. The van der Waals surface area contributed by atoms with Crippen molar-refractivity contribution >= 4 is 84.6 Å². The Labute approximate surface area is 204 Å². The van der Waals surface area contributed by atoms with Crippen LogP contribution in [0.4, 0.5) is 0 Å². The number of fused-ring (bicyclic) bond motifs is 10. The molecule has 0 saturated heterocycles. The van der Waals surface area contributed by atoms with Crippen molar-refractivity contribution in [2.75, 3.05) is 0 Å². The van der Waals surface area contributed by atoms with Crippen LogP contribution in [0.3, 0.4) is 0 Å². The molecule has 2 aromatic heterocycles. The van der Waals surface area contributed by atoms with Crippen molar-refractivity contribution in [3.8, 4) is 11.1 Å². The Morgan fingerprint density at radius 2 is 1.12 bits per heavy atom. The van der Waals surface area contributed by atoms with Gasteiger partial charge >= 0.3 is 0 Å². The number of hydrogen-bond donors (Lipinski definition) is 0. The van der Waals surface area contributed by atoms with Gasteiger partial charge in [-0.05, 0) is 50.9 Å². The molecule has 0 amide bonds. The Kier molecular flexibility index (Phi) is 3.79. The van der Waals surface area contributed by atoms with Crippen LogP contribution in [-0.2, 0) is 0 Å². The minimum atomic E-state index is 1.20. The summed E-state index contributed by atoms with van der Waals surface area (Å²) < 4.78 is 5.23. The molecular formula is C32H17S2. The van der Waals surface area contributed by atoms with Gasteiger partial charge in [0.25, 0.3) is 0 Å². The summed E-state index contributed by atoms with van der Waals surface area (Å²) in [6.07, 6.45) is 0. The second-order valence-electron chi connectivity index (χ2n) is 8.79. The van der Waals surface area contributed by atoms with Crippen molar-refractivity contribution in [3.05, 3.63) is 109 Å². The van der Waals surface area contributed by atoms with Gasteiger partial charge in [-0.15, -0.1) is 22.7 Å². The van der Waals surface area contributed by atoms with Crippen LogP contribution in [-0.4, -0.2) is 0 Å². The lowest BCUT2D eigenvalue weighted by Crippen LogP contribution is -1.86. The fourth-order valence-corrected chi connectivity index (χ4v) is 7.75. The van der Waals surface area contributed by atoms with Crippen molar-refractivity contribution in [3.63, 3.8) is 0 Å². The molecule has 157 valence electrons. The second kappa shape index (κ2) is 6.89. The van der Waals surface area contributed by atoms with Gasteiger partial charge in [0.1, 0.15) is 0 Å². The molecule has 0 atom stereocenters. The van der Waals surface area contributed by atoms with Crippen LogP contribution in [0.2, 0.25) is 0 Å². The first-order valence-electron chi connectivity index (χ1n) is 11.5. The molecule has 0 fully saturated rings. The van der Waals surface area contributed by atoms with E-state index in [4.69, 9.17) is 0 Å². The van der Waals surface area contributed by atoms with E-state index in [0.29, 0.717) is 0 Å². The topological polar surface area (TPSA) is 0 Å². The Balaban J connectivity index is 1.60.